The molecule has 0 spiro atoms. The molecule has 10 nitrogen and oxygen atoms in total. The Morgan fingerprint density at radius 3 is 2.55 bits per heavy atom. The standard InChI is InChI=1S/C28H28N4O6/c1-30-7-9-31(10-8-30)25(34)17-4-6-22-19(11-17)12-23(38-22)28(14-24(33)29-27(28)36)16-32-15-18-3-5-20(37-2)13-21(18)26(32)35/h3-6,11-13H,7-10,14-16H2,1-2H3,(H,29,33,36)/t28-/m1/s1. The summed E-state index contributed by atoms with van der Waals surface area (Å²) >= 11 is 0. The van der Waals surface area contributed by atoms with E-state index in [-0.39, 0.29) is 24.8 Å². The number of rotatable bonds is 5. The number of fused-ring (bicyclic) bond motifs is 2. The number of methoxy groups -OCH3 is 1. The average Bonchev–Trinajstić information content (AvgIpc) is 3.57. The zero-order valence-electron chi connectivity index (χ0n) is 21.3. The molecule has 2 saturated heterocycles. The summed E-state index contributed by atoms with van der Waals surface area (Å²) in [5.41, 5.74) is 1.00. The van der Waals surface area contributed by atoms with Crippen molar-refractivity contribution in [2.24, 2.45) is 0 Å². The Labute approximate surface area is 219 Å². The van der Waals surface area contributed by atoms with Gasteiger partial charge in [0.2, 0.25) is 11.8 Å². The van der Waals surface area contributed by atoms with Crippen LogP contribution in [0.2, 0.25) is 0 Å². The molecule has 10 heteroatoms. The van der Waals surface area contributed by atoms with Gasteiger partial charge in [0, 0.05) is 55.8 Å². The highest BCUT2D eigenvalue weighted by Crippen LogP contribution is 2.39. The average molecular weight is 517 g/mol. The Kier molecular flexibility index (Phi) is 5.71. The molecule has 2 aromatic carbocycles. The van der Waals surface area contributed by atoms with E-state index in [9.17, 15) is 19.2 Å². The quantitative estimate of drug-likeness (QED) is 0.515. The molecule has 6 rings (SSSR count). The van der Waals surface area contributed by atoms with Gasteiger partial charge in [-0.25, -0.2) is 0 Å². The second-order valence-corrected chi connectivity index (χ2v) is 10.3. The predicted molar refractivity (Wildman–Crippen MR) is 137 cm³/mol. The maximum absolute atomic E-state index is 13.3. The van der Waals surface area contributed by atoms with Crippen LogP contribution in [-0.2, 0) is 21.5 Å². The molecular formula is C28H28N4O6. The van der Waals surface area contributed by atoms with Crippen molar-refractivity contribution in [2.45, 2.75) is 18.4 Å². The lowest BCUT2D eigenvalue weighted by atomic mass is 9.82. The third-order valence-electron chi connectivity index (χ3n) is 7.83. The lowest BCUT2D eigenvalue weighted by Crippen LogP contribution is -2.47. The molecular weight excluding hydrogens is 488 g/mol. The fourth-order valence-corrected chi connectivity index (χ4v) is 5.57. The normalized spacial score (nSPS) is 21.8. The largest absolute Gasteiger partial charge is 0.497 e. The van der Waals surface area contributed by atoms with Gasteiger partial charge >= 0.3 is 0 Å². The number of carbonyl (C=O) groups is 4. The number of piperazine rings is 1. The topological polar surface area (TPSA) is 112 Å². The van der Waals surface area contributed by atoms with Crippen LogP contribution >= 0.6 is 0 Å². The molecule has 4 amide bonds. The molecule has 0 aliphatic carbocycles. The van der Waals surface area contributed by atoms with Gasteiger partial charge in [-0.05, 0) is 49.0 Å². The van der Waals surface area contributed by atoms with Gasteiger partial charge in [0.15, 0.2) is 0 Å². The van der Waals surface area contributed by atoms with E-state index in [4.69, 9.17) is 9.15 Å². The Bertz CT molecular complexity index is 1490. The molecule has 2 fully saturated rings. The van der Waals surface area contributed by atoms with E-state index in [1.54, 1.807) is 41.3 Å². The summed E-state index contributed by atoms with van der Waals surface area (Å²) in [6, 6.07) is 12.2. The number of hydrogen-bond donors (Lipinski definition) is 1. The zero-order valence-corrected chi connectivity index (χ0v) is 21.3. The maximum atomic E-state index is 13.3. The number of imide groups is 1. The number of ether oxygens (including phenoxy) is 1. The second kappa shape index (κ2) is 8.98. The van der Waals surface area contributed by atoms with E-state index in [2.05, 4.69) is 10.2 Å². The molecule has 4 heterocycles. The minimum Gasteiger partial charge on any atom is -0.497 e. The van der Waals surface area contributed by atoms with Gasteiger partial charge in [-0.15, -0.1) is 0 Å². The van der Waals surface area contributed by atoms with Gasteiger partial charge in [-0.1, -0.05) is 6.07 Å². The summed E-state index contributed by atoms with van der Waals surface area (Å²) in [6.07, 6.45) is -0.137. The number of furan rings is 1. The number of nitrogens with one attached hydrogen (secondary N) is 1. The number of carbonyl (C=O) groups excluding carboxylic acids is 4. The van der Waals surface area contributed by atoms with E-state index in [1.165, 1.54) is 7.11 Å². The first-order chi connectivity index (χ1) is 18.3. The summed E-state index contributed by atoms with van der Waals surface area (Å²) in [4.78, 5) is 57.6. The number of hydrogen-bond acceptors (Lipinski definition) is 7. The number of amides is 4. The molecule has 1 atom stereocenters. The number of likely N-dealkylation sites (N-methyl/N-ethyl adjacent to an activating group) is 1. The van der Waals surface area contributed by atoms with Crippen LogP contribution in [0, 0.1) is 0 Å². The summed E-state index contributed by atoms with van der Waals surface area (Å²) in [5.74, 6) is -0.351. The highest BCUT2D eigenvalue weighted by Gasteiger charge is 2.53. The van der Waals surface area contributed by atoms with E-state index < -0.39 is 17.2 Å². The monoisotopic (exact) mass is 516 g/mol. The lowest BCUT2D eigenvalue weighted by Gasteiger charge is -2.32. The Morgan fingerprint density at radius 2 is 1.84 bits per heavy atom. The van der Waals surface area contributed by atoms with Crippen LogP contribution in [0.1, 0.15) is 38.5 Å². The predicted octanol–water partition coefficient (Wildman–Crippen LogP) is 1.77. The van der Waals surface area contributed by atoms with Crippen molar-refractivity contribution >= 4 is 34.6 Å². The van der Waals surface area contributed by atoms with Crippen LogP contribution in [0.4, 0.5) is 0 Å². The summed E-state index contributed by atoms with van der Waals surface area (Å²) in [7, 11) is 3.57. The van der Waals surface area contributed by atoms with Gasteiger partial charge in [0.25, 0.3) is 11.8 Å². The number of nitrogens with zero attached hydrogens (tertiary/aromatic N) is 3. The molecule has 1 N–H and O–H groups in total. The summed E-state index contributed by atoms with van der Waals surface area (Å²) < 4.78 is 11.4. The van der Waals surface area contributed by atoms with E-state index in [0.29, 0.717) is 53.2 Å². The van der Waals surface area contributed by atoms with Gasteiger partial charge in [-0.3, -0.25) is 24.5 Å². The molecule has 38 heavy (non-hydrogen) atoms. The van der Waals surface area contributed by atoms with Gasteiger partial charge in [0.05, 0.1) is 13.5 Å². The van der Waals surface area contributed by atoms with Crippen molar-refractivity contribution in [3.8, 4) is 5.75 Å². The minimum atomic E-state index is -1.38. The van der Waals surface area contributed by atoms with Crippen molar-refractivity contribution in [1.29, 1.82) is 0 Å². The minimum absolute atomic E-state index is 0.0205. The van der Waals surface area contributed by atoms with Crippen molar-refractivity contribution < 1.29 is 28.3 Å². The van der Waals surface area contributed by atoms with Crippen LogP contribution in [-0.4, -0.2) is 85.2 Å². The Morgan fingerprint density at radius 1 is 1.05 bits per heavy atom. The van der Waals surface area contributed by atoms with Crippen molar-refractivity contribution in [3.05, 3.63) is 64.9 Å². The summed E-state index contributed by atoms with van der Waals surface area (Å²) in [6.45, 7) is 3.25. The third-order valence-corrected chi connectivity index (χ3v) is 7.83. The summed E-state index contributed by atoms with van der Waals surface area (Å²) in [5, 5.41) is 3.05. The molecule has 3 aliphatic heterocycles. The highest BCUT2D eigenvalue weighted by atomic mass is 16.5. The first-order valence-electron chi connectivity index (χ1n) is 12.6. The van der Waals surface area contributed by atoms with Crippen molar-refractivity contribution in [2.75, 3.05) is 46.9 Å². The lowest BCUT2D eigenvalue weighted by molar-refractivity contribution is -0.127. The molecule has 3 aliphatic rings. The molecule has 0 radical (unpaired) electrons. The van der Waals surface area contributed by atoms with E-state index in [1.807, 2.05) is 18.0 Å². The van der Waals surface area contributed by atoms with Crippen LogP contribution in [0.25, 0.3) is 11.0 Å². The molecule has 0 unspecified atom stereocenters. The molecule has 1 aromatic heterocycles. The molecule has 0 saturated carbocycles. The van der Waals surface area contributed by atoms with E-state index in [0.717, 1.165) is 18.7 Å². The van der Waals surface area contributed by atoms with Gasteiger partial charge < -0.3 is 23.9 Å². The van der Waals surface area contributed by atoms with Crippen LogP contribution < -0.4 is 10.1 Å². The van der Waals surface area contributed by atoms with Crippen LogP contribution in [0.15, 0.2) is 46.9 Å². The van der Waals surface area contributed by atoms with Crippen molar-refractivity contribution in [1.82, 2.24) is 20.0 Å². The van der Waals surface area contributed by atoms with E-state index >= 15 is 0 Å². The van der Waals surface area contributed by atoms with Gasteiger partial charge in [0.1, 0.15) is 22.5 Å². The van der Waals surface area contributed by atoms with Gasteiger partial charge in [-0.2, -0.15) is 0 Å². The van der Waals surface area contributed by atoms with Crippen LogP contribution in [0.3, 0.4) is 0 Å². The fraction of sp³-hybridized carbons (Fsp3) is 0.357. The highest BCUT2D eigenvalue weighted by molar-refractivity contribution is 6.10. The van der Waals surface area contributed by atoms with Crippen LogP contribution in [0.5, 0.6) is 5.75 Å². The Balaban J connectivity index is 1.32. The maximum Gasteiger partial charge on any atom is 0.254 e. The smallest absolute Gasteiger partial charge is 0.254 e. The Hall–Kier alpha value is -4.18. The second-order valence-electron chi connectivity index (χ2n) is 10.3. The molecule has 3 aromatic rings. The third kappa shape index (κ3) is 3.92. The fourth-order valence-electron chi connectivity index (χ4n) is 5.57. The van der Waals surface area contributed by atoms with Crippen molar-refractivity contribution in [3.63, 3.8) is 0 Å². The number of benzene rings is 2. The zero-order chi connectivity index (χ0) is 26.6. The first-order valence-corrected chi connectivity index (χ1v) is 12.6. The SMILES string of the molecule is COc1ccc2c(c1)C(=O)N(C[C@@]1(c3cc4cc(C(=O)N5CCN(C)CC5)ccc4o3)CC(=O)NC1=O)C2. The molecule has 196 valence electrons. The first kappa shape index (κ1) is 24.2. The molecule has 0 bridgehead atoms.